The quantitative estimate of drug-likeness (QED) is 0.0312. The highest BCUT2D eigenvalue weighted by atomic mass is 16.6. The first kappa shape index (κ1) is 79.2. The molecule has 18 heteroatoms. The van der Waals surface area contributed by atoms with E-state index >= 15 is 0 Å². The largest absolute Gasteiger partial charge is 0.466 e. The lowest BCUT2D eigenvalue weighted by Gasteiger charge is -2.31. The van der Waals surface area contributed by atoms with E-state index in [-0.39, 0.29) is 97.4 Å². The Kier molecular flexibility index (Phi) is 55.3. The Labute approximate surface area is 506 Å². The van der Waals surface area contributed by atoms with E-state index in [2.05, 4.69) is 20.8 Å². The van der Waals surface area contributed by atoms with Gasteiger partial charge in [-0.3, -0.25) is 43.2 Å². The van der Waals surface area contributed by atoms with E-state index in [1.165, 1.54) is 96.3 Å². The van der Waals surface area contributed by atoms with Crippen molar-refractivity contribution in [1.82, 2.24) is 0 Å². The highest BCUT2D eigenvalue weighted by Crippen LogP contribution is 2.26. The molecule has 0 bridgehead atoms. The maximum atomic E-state index is 12.9. The normalized spacial score (nSPS) is 11.1. The zero-order chi connectivity index (χ0) is 61.8. The molecule has 0 aromatic heterocycles. The van der Waals surface area contributed by atoms with Crippen LogP contribution in [-0.2, 0) is 85.8 Å². The summed E-state index contributed by atoms with van der Waals surface area (Å²) < 4.78 is 48.6. The van der Waals surface area contributed by atoms with Crippen LogP contribution in [0.15, 0.2) is 0 Å². The molecule has 0 aromatic rings. The summed E-state index contributed by atoms with van der Waals surface area (Å²) in [5.74, 6) is -4.17. The summed E-state index contributed by atoms with van der Waals surface area (Å²) in [4.78, 5) is 112. The molecule has 0 saturated carbocycles. The number of esters is 9. The van der Waals surface area contributed by atoms with Gasteiger partial charge in [0.1, 0.15) is 19.8 Å². The van der Waals surface area contributed by atoms with Gasteiger partial charge >= 0.3 is 53.7 Å². The van der Waals surface area contributed by atoms with Crippen molar-refractivity contribution in [3.63, 3.8) is 0 Å². The van der Waals surface area contributed by atoms with Gasteiger partial charge in [-0.05, 0) is 83.5 Å². The van der Waals surface area contributed by atoms with Crippen molar-refractivity contribution in [3.8, 4) is 0 Å². The summed E-state index contributed by atoms with van der Waals surface area (Å²) in [5, 5.41) is 0. The molecule has 0 aliphatic rings. The predicted octanol–water partition coefficient (Wildman–Crippen LogP) is 14.7. The Morgan fingerprint density at radius 3 is 0.560 bits per heavy atom. The van der Waals surface area contributed by atoms with Crippen molar-refractivity contribution in [3.05, 3.63) is 0 Å². The second-order valence-electron chi connectivity index (χ2n) is 22.5. The van der Waals surface area contributed by atoms with E-state index < -0.39 is 59.1 Å². The molecule has 0 N–H and O–H groups in total. The molecule has 0 rings (SSSR count). The van der Waals surface area contributed by atoms with Crippen LogP contribution < -0.4 is 0 Å². The van der Waals surface area contributed by atoms with E-state index in [0.717, 1.165) is 57.8 Å². The highest BCUT2D eigenvalue weighted by molar-refractivity contribution is 5.79. The van der Waals surface area contributed by atoms with E-state index in [9.17, 15) is 43.2 Å². The van der Waals surface area contributed by atoms with Crippen LogP contribution in [0.5, 0.6) is 0 Å². The minimum Gasteiger partial charge on any atom is -0.466 e. The van der Waals surface area contributed by atoms with Gasteiger partial charge in [0.25, 0.3) is 0 Å². The molecule has 18 nitrogen and oxygen atoms in total. The average Bonchev–Trinajstić information content (AvgIpc) is 3.64. The van der Waals surface area contributed by atoms with Gasteiger partial charge in [-0.2, -0.15) is 0 Å². The van der Waals surface area contributed by atoms with Crippen LogP contribution in [0.4, 0.5) is 0 Å². The first-order valence-corrected chi connectivity index (χ1v) is 33.2. The summed E-state index contributed by atoms with van der Waals surface area (Å²) in [6, 6.07) is 0. The molecule has 0 aromatic carbocycles. The third kappa shape index (κ3) is 53.9. The fraction of sp³-hybridized carbons (Fsp3) is 0.864. The van der Waals surface area contributed by atoms with Crippen LogP contribution in [0.3, 0.4) is 0 Å². The molecule has 0 spiro atoms. The molecule has 0 amide bonds. The second kappa shape index (κ2) is 58.6. The predicted molar refractivity (Wildman–Crippen MR) is 322 cm³/mol. The third-order valence-electron chi connectivity index (χ3n) is 14.6. The van der Waals surface area contributed by atoms with Gasteiger partial charge in [-0.25, -0.2) is 0 Å². The molecule has 0 atom stereocenters. The minimum absolute atomic E-state index is 0.0366. The van der Waals surface area contributed by atoms with Crippen molar-refractivity contribution >= 4 is 53.7 Å². The smallest absolute Gasteiger partial charge is 0.306 e. The van der Waals surface area contributed by atoms with Crippen molar-refractivity contribution in [2.45, 2.75) is 304 Å². The zero-order valence-corrected chi connectivity index (χ0v) is 53.1. The Bertz CT molecular complexity index is 1510. The number of hydrogen-bond donors (Lipinski definition) is 0. The van der Waals surface area contributed by atoms with Crippen molar-refractivity contribution in [1.29, 1.82) is 0 Å². The van der Waals surface area contributed by atoms with Crippen molar-refractivity contribution in [2.75, 3.05) is 59.5 Å². The molecule has 0 radical (unpaired) electrons. The number of hydrogen-bond acceptors (Lipinski definition) is 18. The molecular weight excluding hydrogens is 1080 g/mol. The van der Waals surface area contributed by atoms with Gasteiger partial charge in [0, 0.05) is 19.3 Å². The average molecular weight is 1200 g/mol. The minimum atomic E-state index is -1.03. The van der Waals surface area contributed by atoms with Crippen LogP contribution in [0.1, 0.15) is 304 Å². The lowest BCUT2D eigenvalue weighted by molar-refractivity contribution is -0.163. The molecule has 488 valence electrons. The molecule has 0 fully saturated rings. The Balaban J connectivity index is 4.81. The monoisotopic (exact) mass is 1200 g/mol. The fourth-order valence-corrected chi connectivity index (χ4v) is 8.86. The Hall–Kier alpha value is -4.77. The summed E-state index contributed by atoms with van der Waals surface area (Å²) >= 11 is 0. The van der Waals surface area contributed by atoms with Crippen molar-refractivity contribution < 1.29 is 85.8 Å². The van der Waals surface area contributed by atoms with Gasteiger partial charge in [-0.1, -0.05) is 163 Å². The lowest BCUT2D eigenvalue weighted by atomic mass is 9.88. The first-order valence-electron chi connectivity index (χ1n) is 33.2. The van der Waals surface area contributed by atoms with Gasteiger partial charge in [0.15, 0.2) is 0 Å². The number of unbranched alkanes of at least 4 members (excludes halogenated alkanes) is 27. The third-order valence-corrected chi connectivity index (χ3v) is 14.6. The van der Waals surface area contributed by atoms with Crippen molar-refractivity contribution in [2.24, 2.45) is 5.41 Å². The topological polar surface area (TPSA) is 237 Å². The molecule has 0 aliphatic heterocycles. The summed E-state index contributed by atoms with van der Waals surface area (Å²) in [6.07, 6.45) is 32.4. The maximum Gasteiger partial charge on any atom is 0.306 e. The van der Waals surface area contributed by atoms with E-state index in [0.29, 0.717) is 84.0 Å². The second-order valence-corrected chi connectivity index (χ2v) is 22.5. The van der Waals surface area contributed by atoms with E-state index in [1.807, 2.05) is 6.92 Å². The summed E-state index contributed by atoms with van der Waals surface area (Å²) in [6.45, 7) is 9.39. The fourth-order valence-electron chi connectivity index (χ4n) is 8.86. The number of carbonyl (C=O) groups excluding carboxylic acids is 9. The number of carbonyl (C=O) groups is 9. The van der Waals surface area contributed by atoms with Gasteiger partial charge in [0.05, 0.1) is 83.6 Å². The van der Waals surface area contributed by atoms with Crippen LogP contribution in [0.25, 0.3) is 0 Å². The first-order chi connectivity index (χ1) is 40.8. The lowest BCUT2D eigenvalue weighted by Crippen LogP contribution is -2.39. The summed E-state index contributed by atoms with van der Waals surface area (Å²) in [5.41, 5.74) is -1.03. The zero-order valence-electron chi connectivity index (χ0n) is 53.1. The molecule has 0 saturated heterocycles. The van der Waals surface area contributed by atoms with Gasteiger partial charge < -0.3 is 42.6 Å². The molecule has 84 heavy (non-hydrogen) atoms. The Morgan fingerprint density at radius 2 is 0.369 bits per heavy atom. The van der Waals surface area contributed by atoms with Crippen LogP contribution in [0, 0.1) is 5.41 Å². The van der Waals surface area contributed by atoms with Crippen LogP contribution in [0.2, 0.25) is 0 Å². The molecule has 0 unspecified atom stereocenters. The SMILES string of the molecule is CCCCCCCCCCOC(=O)CCC(=O)OCCCCCC(=O)OCC(CC)(COC(=O)CCCCCOC(=O)CCC(=O)OCCCCCCCCCC)COC(=O)CCCCCOC(=O)CCC(=O)OCCCCCCCCCC. The number of rotatable bonds is 61. The maximum absolute atomic E-state index is 12.9. The Morgan fingerprint density at radius 1 is 0.202 bits per heavy atom. The van der Waals surface area contributed by atoms with Crippen LogP contribution in [-0.4, -0.2) is 113 Å². The van der Waals surface area contributed by atoms with Gasteiger partial charge in [0.2, 0.25) is 0 Å². The summed E-state index contributed by atoms with van der Waals surface area (Å²) in [7, 11) is 0. The number of ether oxygens (including phenoxy) is 9. The molecule has 0 aliphatic carbocycles. The standard InChI is InChI=1S/C66H116O18/c1-5-9-12-15-18-21-24-33-48-76-60(70)42-45-63(73)79-51-36-27-30-39-57(67)82-54-66(8-4,55-83-58(68)40-31-28-37-52-80-64(74)46-43-61(71)77-49-34-25-22-19-16-13-10-6-2)56-84-59(69)41-32-29-38-53-81-65(75)47-44-62(72)78-50-35-26-23-20-17-14-11-7-3/h5-56H2,1-4H3. The molecular formula is C66H116O18. The van der Waals surface area contributed by atoms with E-state index in [1.54, 1.807) is 0 Å². The highest BCUT2D eigenvalue weighted by Gasteiger charge is 2.34. The van der Waals surface area contributed by atoms with Crippen LogP contribution >= 0.6 is 0 Å². The van der Waals surface area contributed by atoms with E-state index in [4.69, 9.17) is 42.6 Å². The molecule has 0 heterocycles. The van der Waals surface area contributed by atoms with Gasteiger partial charge in [-0.15, -0.1) is 0 Å².